The molecule has 3 rings (SSSR count). The van der Waals surface area contributed by atoms with E-state index < -0.39 is 0 Å². The lowest BCUT2D eigenvalue weighted by molar-refractivity contribution is 0.628. The van der Waals surface area contributed by atoms with Gasteiger partial charge in [-0.1, -0.05) is 28.1 Å². The molecule has 2 nitrogen and oxygen atoms in total. The number of halogens is 2. The van der Waals surface area contributed by atoms with E-state index in [2.05, 4.69) is 32.1 Å². The summed E-state index contributed by atoms with van der Waals surface area (Å²) in [5, 5.41) is 0. The van der Waals surface area contributed by atoms with Crippen LogP contribution in [0.5, 0.6) is 0 Å². The number of aromatic nitrogens is 2. The molecule has 20 heavy (non-hydrogen) atoms. The van der Waals surface area contributed by atoms with Gasteiger partial charge in [-0.3, -0.25) is 0 Å². The van der Waals surface area contributed by atoms with Crippen molar-refractivity contribution < 1.29 is 4.39 Å². The van der Waals surface area contributed by atoms with Crippen LogP contribution in [0, 0.1) is 18.9 Å². The van der Waals surface area contributed by atoms with Crippen molar-refractivity contribution in [3.8, 4) is 22.6 Å². The molecular weight excluding hydrogens is 319 g/mol. The molecular formula is C16H11BrFN2. The Morgan fingerprint density at radius 2 is 1.90 bits per heavy atom. The van der Waals surface area contributed by atoms with Crippen LogP contribution in [0.3, 0.4) is 0 Å². The highest BCUT2D eigenvalue weighted by Gasteiger charge is 2.11. The fraction of sp³-hybridized carbons (Fsp3) is 0.0625. The Balaban J connectivity index is 2.04. The van der Waals surface area contributed by atoms with Gasteiger partial charge in [0.1, 0.15) is 17.8 Å². The van der Waals surface area contributed by atoms with Crippen LogP contribution in [0.15, 0.2) is 46.9 Å². The number of H-pyrrole nitrogens is 1. The third-order valence-corrected chi connectivity index (χ3v) is 3.78. The van der Waals surface area contributed by atoms with Gasteiger partial charge in [0.2, 0.25) is 0 Å². The van der Waals surface area contributed by atoms with Crippen molar-refractivity contribution in [1.82, 2.24) is 9.97 Å². The number of nitrogens with zero attached hydrogens (tertiary/aromatic N) is 1. The Morgan fingerprint density at radius 3 is 2.60 bits per heavy atom. The molecule has 1 N–H and O–H groups in total. The minimum Gasteiger partial charge on any atom is -0.337 e. The van der Waals surface area contributed by atoms with E-state index in [4.69, 9.17) is 0 Å². The summed E-state index contributed by atoms with van der Waals surface area (Å²) in [4.78, 5) is 7.53. The van der Waals surface area contributed by atoms with Gasteiger partial charge in [-0.2, -0.15) is 0 Å². The van der Waals surface area contributed by atoms with E-state index in [1.165, 1.54) is 12.1 Å². The first-order valence-electron chi connectivity index (χ1n) is 6.14. The first-order chi connectivity index (χ1) is 9.65. The Kier molecular flexibility index (Phi) is 3.40. The second-order valence-electron chi connectivity index (χ2n) is 4.51. The van der Waals surface area contributed by atoms with Crippen molar-refractivity contribution in [1.29, 1.82) is 0 Å². The standard InChI is InChI=1S/C16H11BrFN2/c1-10-3-2-4-13(17)15(10)16-19-9-14(20-16)11-5-7-12(18)8-6-11/h2-8H,1H3,(H,19,20). The minimum absolute atomic E-state index is 0.255. The van der Waals surface area contributed by atoms with E-state index in [0.29, 0.717) is 0 Å². The summed E-state index contributed by atoms with van der Waals surface area (Å²) in [6, 6.07) is 12.2. The van der Waals surface area contributed by atoms with Gasteiger partial charge in [0.25, 0.3) is 0 Å². The van der Waals surface area contributed by atoms with Crippen LogP contribution >= 0.6 is 15.9 Å². The van der Waals surface area contributed by atoms with Gasteiger partial charge in [-0.15, -0.1) is 0 Å². The van der Waals surface area contributed by atoms with Gasteiger partial charge in [0.05, 0.1) is 5.69 Å². The number of benzene rings is 2. The molecule has 1 heterocycles. The number of hydrogen-bond donors (Lipinski definition) is 1. The molecule has 0 aliphatic carbocycles. The molecule has 99 valence electrons. The topological polar surface area (TPSA) is 28.7 Å². The Hall–Kier alpha value is -1.94. The van der Waals surface area contributed by atoms with E-state index in [0.717, 1.165) is 32.7 Å². The third-order valence-electron chi connectivity index (χ3n) is 3.11. The summed E-state index contributed by atoms with van der Waals surface area (Å²) >= 11 is 3.54. The van der Waals surface area contributed by atoms with Gasteiger partial charge < -0.3 is 4.98 Å². The fourth-order valence-electron chi connectivity index (χ4n) is 2.09. The molecule has 0 aliphatic rings. The van der Waals surface area contributed by atoms with Gasteiger partial charge >= 0.3 is 0 Å². The highest BCUT2D eigenvalue weighted by atomic mass is 79.9. The summed E-state index contributed by atoms with van der Waals surface area (Å²) in [5.41, 5.74) is 3.73. The molecule has 0 amide bonds. The number of imidazole rings is 1. The average molecular weight is 330 g/mol. The number of aryl methyl sites for hydroxylation is 1. The molecule has 0 aliphatic heterocycles. The molecule has 1 aromatic heterocycles. The first-order valence-corrected chi connectivity index (χ1v) is 6.93. The van der Waals surface area contributed by atoms with Crippen molar-refractivity contribution >= 4 is 15.9 Å². The maximum atomic E-state index is 12.9. The number of aromatic amines is 1. The summed E-state index contributed by atoms with van der Waals surface area (Å²) in [6.45, 7) is 2.03. The maximum Gasteiger partial charge on any atom is 0.140 e. The Morgan fingerprint density at radius 1 is 1.15 bits per heavy atom. The summed E-state index contributed by atoms with van der Waals surface area (Å²) in [7, 11) is 0. The largest absolute Gasteiger partial charge is 0.337 e. The van der Waals surface area contributed by atoms with E-state index >= 15 is 0 Å². The predicted molar refractivity (Wildman–Crippen MR) is 80.7 cm³/mol. The van der Waals surface area contributed by atoms with Crippen LogP contribution in [0.2, 0.25) is 0 Å². The van der Waals surface area contributed by atoms with Gasteiger partial charge in [0, 0.05) is 15.6 Å². The molecule has 4 heteroatoms. The van der Waals surface area contributed by atoms with Gasteiger partial charge in [-0.25, -0.2) is 9.37 Å². The predicted octanol–water partition coefficient (Wildman–Crippen LogP) is 4.75. The normalized spacial score (nSPS) is 10.8. The first kappa shape index (κ1) is 13.1. The van der Waals surface area contributed by atoms with Crippen molar-refractivity contribution in [2.24, 2.45) is 0 Å². The highest BCUT2D eigenvalue weighted by Crippen LogP contribution is 2.30. The van der Waals surface area contributed by atoms with E-state index in [-0.39, 0.29) is 5.82 Å². The number of hydrogen-bond acceptors (Lipinski definition) is 1. The average Bonchev–Trinajstić information content (AvgIpc) is 2.89. The van der Waals surface area contributed by atoms with Crippen molar-refractivity contribution in [3.05, 3.63) is 64.5 Å². The molecule has 0 bridgehead atoms. The van der Waals surface area contributed by atoms with Crippen LogP contribution < -0.4 is 0 Å². The lowest BCUT2D eigenvalue weighted by Crippen LogP contribution is -1.87. The van der Waals surface area contributed by atoms with Crippen molar-refractivity contribution in [3.63, 3.8) is 0 Å². The van der Waals surface area contributed by atoms with Crippen LogP contribution in [-0.4, -0.2) is 9.97 Å². The zero-order valence-corrected chi connectivity index (χ0v) is 12.3. The molecule has 0 spiro atoms. The maximum absolute atomic E-state index is 12.9. The zero-order valence-electron chi connectivity index (χ0n) is 10.7. The Labute approximate surface area is 124 Å². The van der Waals surface area contributed by atoms with Crippen molar-refractivity contribution in [2.45, 2.75) is 6.92 Å². The molecule has 3 aromatic rings. The van der Waals surface area contributed by atoms with Crippen LogP contribution in [0.4, 0.5) is 4.39 Å². The van der Waals surface area contributed by atoms with Crippen LogP contribution in [-0.2, 0) is 0 Å². The Bertz CT molecular complexity index is 727. The molecule has 0 fully saturated rings. The highest BCUT2D eigenvalue weighted by molar-refractivity contribution is 9.10. The molecule has 0 saturated heterocycles. The molecule has 0 unspecified atom stereocenters. The van der Waals surface area contributed by atoms with E-state index in [1.54, 1.807) is 12.1 Å². The number of rotatable bonds is 2. The minimum atomic E-state index is -0.255. The van der Waals surface area contributed by atoms with Crippen LogP contribution in [0.1, 0.15) is 5.56 Å². The molecule has 0 atom stereocenters. The van der Waals surface area contributed by atoms with Crippen molar-refractivity contribution in [2.75, 3.05) is 0 Å². The third kappa shape index (κ3) is 2.39. The summed E-state index contributed by atoms with van der Waals surface area (Å²) in [5.74, 6) is 0.490. The van der Waals surface area contributed by atoms with E-state index in [9.17, 15) is 4.39 Å². The summed E-state index contributed by atoms with van der Waals surface area (Å²) < 4.78 is 13.9. The lowest BCUT2D eigenvalue weighted by Gasteiger charge is -2.05. The molecule has 1 radical (unpaired) electrons. The molecule has 0 saturated carbocycles. The zero-order chi connectivity index (χ0) is 14.1. The smallest absolute Gasteiger partial charge is 0.140 e. The SMILES string of the molecule is Cc1cccc(Br)c1-c1n[c]c(-c2ccc(F)cc2)[nH]1. The lowest BCUT2D eigenvalue weighted by atomic mass is 10.1. The van der Waals surface area contributed by atoms with Gasteiger partial charge in [0.15, 0.2) is 0 Å². The van der Waals surface area contributed by atoms with Gasteiger partial charge in [-0.05, 0) is 42.8 Å². The fourth-order valence-corrected chi connectivity index (χ4v) is 2.74. The summed E-state index contributed by atoms with van der Waals surface area (Å²) in [6.07, 6.45) is 2.95. The second-order valence-corrected chi connectivity index (χ2v) is 5.37. The molecule has 2 aromatic carbocycles. The van der Waals surface area contributed by atoms with Crippen LogP contribution in [0.25, 0.3) is 22.6 Å². The monoisotopic (exact) mass is 329 g/mol. The number of nitrogens with one attached hydrogen (secondary N) is 1. The quantitative estimate of drug-likeness (QED) is 0.721. The second kappa shape index (κ2) is 5.21. The van der Waals surface area contributed by atoms with E-state index in [1.807, 2.05) is 25.1 Å².